The maximum absolute atomic E-state index is 11.8. The summed E-state index contributed by atoms with van der Waals surface area (Å²) in [5.74, 6) is 0.334. The number of hydrogen-bond acceptors (Lipinski definition) is 7. The van der Waals surface area contributed by atoms with Crippen LogP contribution in [0.25, 0.3) is 0 Å². The van der Waals surface area contributed by atoms with E-state index < -0.39 is 5.91 Å². The van der Waals surface area contributed by atoms with Crippen LogP contribution in [0.4, 0.5) is 11.8 Å². The number of aromatic amines is 1. The minimum Gasteiger partial charge on any atom is -0.481 e. The molecule has 2 aromatic rings. The number of H-pyrrole nitrogens is 1. The molecular formula is C10H12N6O3. The zero-order valence-corrected chi connectivity index (χ0v) is 10.3. The number of hydrogen-bond donors (Lipinski definition) is 3. The molecule has 0 aromatic carbocycles. The quantitative estimate of drug-likeness (QED) is 0.711. The molecule has 0 fully saturated rings. The van der Waals surface area contributed by atoms with E-state index in [1.807, 2.05) is 0 Å². The van der Waals surface area contributed by atoms with Crippen molar-refractivity contribution in [3.8, 4) is 11.8 Å². The molecule has 9 heteroatoms. The van der Waals surface area contributed by atoms with Gasteiger partial charge in [0, 0.05) is 6.07 Å². The first-order valence-corrected chi connectivity index (χ1v) is 5.21. The van der Waals surface area contributed by atoms with Gasteiger partial charge in [0.05, 0.1) is 20.3 Å². The van der Waals surface area contributed by atoms with E-state index in [1.54, 1.807) is 0 Å². The van der Waals surface area contributed by atoms with Crippen LogP contribution in [0.15, 0.2) is 12.1 Å². The largest absolute Gasteiger partial charge is 0.481 e. The number of nitrogens with one attached hydrogen (secondary N) is 2. The van der Waals surface area contributed by atoms with Crippen molar-refractivity contribution < 1.29 is 14.3 Å². The van der Waals surface area contributed by atoms with E-state index in [0.717, 1.165) is 0 Å². The average Bonchev–Trinajstić information content (AvgIpc) is 2.85. The molecule has 4 N–H and O–H groups in total. The van der Waals surface area contributed by atoms with E-state index in [1.165, 1.54) is 26.4 Å². The molecular weight excluding hydrogens is 252 g/mol. The zero-order chi connectivity index (χ0) is 13.8. The number of nitrogen functional groups attached to an aromatic ring is 1. The van der Waals surface area contributed by atoms with Gasteiger partial charge < -0.3 is 15.2 Å². The molecule has 0 aliphatic heterocycles. The number of rotatable bonds is 4. The first-order valence-electron chi connectivity index (χ1n) is 5.21. The lowest BCUT2D eigenvalue weighted by molar-refractivity contribution is 0.102. The summed E-state index contributed by atoms with van der Waals surface area (Å²) in [6.45, 7) is 0. The van der Waals surface area contributed by atoms with Gasteiger partial charge in [0.1, 0.15) is 11.5 Å². The van der Waals surface area contributed by atoms with Gasteiger partial charge in [-0.2, -0.15) is 15.1 Å². The van der Waals surface area contributed by atoms with Gasteiger partial charge in [-0.3, -0.25) is 15.2 Å². The maximum Gasteiger partial charge on any atom is 0.276 e. The molecule has 0 unspecified atom stereocenters. The van der Waals surface area contributed by atoms with Crippen LogP contribution in [0.3, 0.4) is 0 Å². The van der Waals surface area contributed by atoms with Crippen LogP contribution in [0.5, 0.6) is 11.8 Å². The first kappa shape index (κ1) is 12.6. The molecule has 100 valence electrons. The monoisotopic (exact) mass is 264 g/mol. The second-order valence-electron chi connectivity index (χ2n) is 3.44. The van der Waals surface area contributed by atoms with E-state index in [2.05, 4.69) is 25.5 Å². The highest BCUT2D eigenvalue weighted by Gasteiger charge is 2.12. The van der Waals surface area contributed by atoms with Crippen molar-refractivity contribution in [3.63, 3.8) is 0 Å². The second-order valence-corrected chi connectivity index (χ2v) is 3.44. The number of ether oxygens (including phenoxy) is 2. The molecule has 1 amide bonds. The summed E-state index contributed by atoms with van der Waals surface area (Å²) in [7, 11) is 2.89. The van der Waals surface area contributed by atoms with Crippen LogP contribution >= 0.6 is 0 Å². The number of amides is 1. The Balaban J connectivity index is 2.20. The summed E-state index contributed by atoms with van der Waals surface area (Å²) in [6, 6.07) is 2.89. The van der Waals surface area contributed by atoms with E-state index in [4.69, 9.17) is 15.2 Å². The minimum absolute atomic E-state index is 0.0503. The van der Waals surface area contributed by atoms with Crippen molar-refractivity contribution in [2.24, 2.45) is 0 Å². The third kappa shape index (κ3) is 2.89. The fourth-order valence-electron chi connectivity index (χ4n) is 1.29. The Hall–Kier alpha value is -2.84. The Morgan fingerprint density at radius 1 is 1.26 bits per heavy atom. The Morgan fingerprint density at radius 2 is 1.89 bits per heavy atom. The van der Waals surface area contributed by atoms with Gasteiger partial charge in [-0.15, -0.1) is 0 Å². The Labute approximate surface area is 108 Å². The van der Waals surface area contributed by atoms with Crippen LogP contribution < -0.4 is 20.5 Å². The van der Waals surface area contributed by atoms with E-state index in [0.29, 0.717) is 0 Å². The highest BCUT2D eigenvalue weighted by atomic mass is 16.5. The second kappa shape index (κ2) is 5.21. The Kier molecular flexibility index (Phi) is 3.46. The predicted octanol–water partition coefficient (Wildman–Crippen LogP) is 0.0514. The van der Waals surface area contributed by atoms with E-state index >= 15 is 0 Å². The summed E-state index contributed by atoms with van der Waals surface area (Å²) >= 11 is 0. The summed E-state index contributed by atoms with van der Waals surface area (Å²) in [6.07, 6.45) is 0. The molecule has 2 rings (SSSR count). The molecule has 2 aromatic heterocycles. The van der Waals surface area contributed by atoms with Crippen molar-refractivity contribution in [1.29, 1.82) is 0 Å². The SMILES string of the molecule is COc1cc(OC)nc(NC(=O)c2cc(N)n[nH]2)n1. The van der Waals surface area contributed by atoms with Crippen molar-refractivity contribution in [2.75, 3.05) is 25.3 Å². The number of anilines is 2. The fraction of sp³-hybridized carbons (Fsp3) is 0.200. The first-order chi connectivity index (χ1) is 9.12. The van der Waals surface area contributed by atoms with Crippen molar-refractivity contribution >= 4 is 17.7 Å². The van der Waals surface area contributed by atoms with Crippen molar-refractivity contribution in [1.82, 2.24) is 20.2 Å². The molecule has 0 radical (unpaired) electrons. The third-order valence-corrected chi connectivity index (χ3v) is 2.17. The third-order valence-electron chi connectivity index (χ3n) is 2.17. The molecule has 0 aliphatic carbocycles. The summed E-state index contributed by atoms with van der Waals surface area (Å²) in [4.78, 5) is 19.7. The Bertz CT molecular complexity index is 574. The molecule has 0 saturated heterocycles. The molecule has 2 heterocycles. The molecule has 0 atom stereocenters. The Morgan fingerprint density at radius 3 is 2.37 bits per heavy atom. The number of aromatic nitrogens is 4. The normalized spacial score (nSPS) is 10.0. The maximum atomic E-state index is 11.8. The van der Waals surface area contributed by atoms with Crippen LogP contribution in [0.1, 0.15) is 10.5 Å². The van der Waals surface area contributed by atoms with Gasteiger partial charge in [-0.1, -0.05) is 0 Å². The summed E-state index contributed by atoms with van der Waals surface area (Å²) < 4.78 is 9.93. The molecule has 0 spiro atoms. The standard InChI is InChI=1S/C10H12N6O3/c1-18-7-4-8(19-2)13-10(12-7)14-9(17)5-3-6(11)16-15-5/h3-4H,1-2H3,(H3,11,15,16)(H,12,13,14,17). The number of nitrogens with two attached hydrogens (primary N) is 1. The van der Waals surface area contributed by atoms with Crippen molar-refractivity contribution in [2.45, 2.75) is 0 Å². The lowest BCUT2D eigenvalue weighted by Gasteiger charge is -2.06. The molecule has 0 saturated carbocycles. The van der Waals surface area contributed by atoms with Crippen LogP contribution in [0.2, 0.25) is 0 Å². The average molecular weight is 264 g/mol. The highest BCUT2D eigenvalue weighted by Crippen LogP contribution is 2.17. The van der Waals surface area contributed by atoms with Crippen molar-refractivity contribution in [3.05, 3.63) is 17.8 Å². The van der Waals surface area contributed by atoms with Gasteiger partial charge in [-0.05, 0) is 0 Å². The van der Waals surface area contributed by atoms with E-state index in [9.17, 15) is 4.79 Å². The number of nitrogens with zero attached hydrogens (tertiary/aromatic N) is 3. The van der Waals surface area contributed by atoms with Crippen LogP contribution in [-0.2, 0) is 0 Å². The number of carbonyl (C=O) groups is 1. The van der Waals surface area contributed by atoms with Crippen LogP contribution in [-0.4, -0.2) is 40.3 Å². The zero-order valence-electron chi connectivity index (χ0n) is 10.3. The summed E-state index contributed by atoms with van der Waals surface area (Å²) in [5, 5.41) is 8.60. The van der Waals surface area contributed by atoms with Gasteiger partial charge >= 0.3 is 0 Å². The molecule has 0 bridgehead atoms. The fourth-order valence-corrected chi connectivity index (χ4v) is 1.29. The van der Waals surface area contributed by atoms with Gasteiger partial charge in [0.15, 0.2) is 0 Å². The van der Waals surface area contributed by atoms with Gasteiger partial charge in [0.2, 0.25) is 17.7 Å². The topological polar surface area (TPSA) is 128 Å². The smallest absolute Gasteiger partial charge is 0.276 e. The van der Waals surface area contributed by atoms with Crippen LogP contribution in [0, 0.1) is 0 Å². The van der Waals surface area contributed by atoms with Gasteiger partial charge in [0.25, 0.3) is 5.91 Å². The van der Waals surface area contributed by atoms with Gasteiger partial charge in [-0.25, -0.2) is 0 Å². The predicted molar refractivity (Wildman–Crippen MR) is 66.1 cm³/mol. The lowest BCUT2D eigenvalue weighted by Crippen LogP contribution is -2.15. The number of methoxy groups -OCH3 is 2. The summed E-state index contributed by atoms with van der Waals surface area (Å²) in [5.41, 5.74) is 5.60. The molecule has 9 nitrogen and oxygen atoms in total. The lowest BCUT2D eigenvalue weighted by atomic mass is 10.4. The minimum atomic E-state index is -0.473. The number of carbonyl (C=O) groups excluding carboxylic acids is 1. The molecule has 0 aliphatic rings. The highest BCUT2D eigenvalue weighted by molar-refractivity contribution is 6.02. The van der Waals surface area contributed by atoms with E-state index in [-0.39, 0.29) is 29.2 Å². The molecule has 19 heavy (non-hydrogen) atoms.